The van der Waals surface area contributed by atoms with Gasteiger partial charge in [0, 0.05) is 29.3 Å². The third kappa shape index (κ3) is 4.06. The van der Waals surface area contributed by atoms with E-state index in [1.165, 1.54) is 61.1 Å². The van der Waals surface area contributed by atoms with Crippen molar-refractivity contribution >= 4 is 22.0 Å². The molecule has 0 aromatic heterocycles. The summed E-state index contributed by atoms with van der Waals surface area (Å²) in [7, 11) is 2.23. The van der Waals surface area contributed by atoms with Gasteiger partial charge in [-0.05, 0) is 89.9 Å². The Morgan fingerprint density at radius 2 is 1.55 bits per heavy atom. The maximum atomic E-state index is 2.44. The molecule has 4 aromatic rings. The second-order valence-corrected chi connectivity index (χ2v) is 12.3. The molecule has 1 aliphatic heterocycles. The number of nitrogens with zero attached hydrogens (tertiary/aromatic N) is 1. The molecule has 1 heteroatoms. The van der Waals surface area contributed by atoms with Gasteiger partial charge >= 0.3 is 0 Å². The number of allylic oxidation sites excluding steroid dienone is 6. The van der Waals surface area contributed by atoms with Gasteiger partial charge in [-0.15, -0.1) is 0 Å². The molecule has 40 heavy (non-hydrogen) atoms. The van der Waals surface area contributed by atoms with E-state index in [0.29, 0.717) is 0 Å². The van der Waals surface area contributed by atoms with Gasteiger partial charge in [0.2, 0.25) is 0 Å². The summed E-state index contributed by atoms with van der Waals surface area (Å²) in [4.78, 5) is 2.41. The summed E-state index contributed by atoms with van der Waals surface area (Å²) in [6, 6.07) is 31.4. The van der Waals surface area contributed by atoms with Crippen molar-refractivity contribution in [1.82, 2.24) is 0 Å². The molecule has 2 unspecified atom stereocenters. The van der Waals surface area contributed by atoms with Crippen LogP contribution in [0.25, 0.3) is 16.3 Å². The first kappa shape index (κ1) is 26.4. The van der Waals surface area contributed by atoms with E-state index in [9.17, 15) is 0 Å². The van der Waals surface area contributed by atoms with Gasteiger partial charge in [0.1, 0.15) is 0 Å². The average Bonchev–Trinajstić information content (AvgIpc) is 3.29. The van der Waals surface area contributed by atoms with Gasteiger partial charge in [-0.25, -0.2) is 0 Å². The zero-order valence-corrected chi connectivity index (χ0v) is 24.9. The zero-order chi connectivity index (χ0) is 28.1. The Kier molecular flexibility index (Phi) is 6.57. The SMILES string of the molecule is CCCC1(C)/C(=C\C=C\C2=C(C)c3c(ccc4ccccc34)C2(C)Cc2ccccc2)N(C)c2ccc(C)cc21. The van der Waals surface area contributed by atoms with E-state index < -0.39 is 0 Å². The minimum absolute atomic E-state index is 0.0147. The molecule has 1 heterocycles. The van der Waals surface area contributed by atoms with Gasteiger partial charge in [0.15, 0.2) is 0 Å². The first-order valence-corrected chi connectivity index (χ1v) is 14.8. The van der Waals surface area contributed by atoms with Crippen LogP contribution in [0, 0.1) is 6.92 Å². The molecule has 0 saturated carbocycles. The van der Waals surface area contributed by atoms with Gasteiger partial charge in [-0.2, -0.15) is 0 Å². The lowest BCUT2D eigenvalue weighted by atomic mass is 9.73. The van der Waals surface area contributed by atoms with Crippen molar-refractivity contribution in [3.8, 4) is 0 Å². The smallest absolute Gasteiger partial charge is 0.0448 e. The number of benzene rings is 4. The number of hydrogen-bond donors (Lipinski definition) is 0. The molecule has 0 amide bonds. The predicted molar refractivity (Wildman–Crippen MR) is 173 cm³/mol. The van der Waals surface area contributed by atoms with E-state index in [-0.39, 0.29) is 10.8 Å². The molecule has 6 rings (SSSR count). The van der Waals surface area contributed by atoms with Gasteiger partial charge in [0.25, 0.3) is 0 Å². The minimum atomic E-state index is -0.103. The maximum absolute atomic E-state index is 2.44. The van der Waals surface area contributed by atoms with Crippen LogP contribution >= 0.6 is 0 Å². The Hall–Kier alpha value is -3.84. The van der Waals surface area contributed by atoms with E-state index in [1.54, 1.807) is 0 Å². The molecule has 4 aromatic carbocycles. The highest BCUT2D eigenvalue weighted by Crippen LogP contribution is 2.52. The molecule has 0 radical (unpaired) electrons. The summed E-state index contributed by atoms with van der Waals surface area (Å²) in [5.41, 5.74) is 12.5. The first-order chi connectivity index (χ1) is 19.3. The van der Waals surface area contributed by atoms with Gasteiger partial charge in [0.05, 0.1) is 0 Å². The third-order valence-electron chi connectivity index (χ3n) is 9.60. The highest BCUT2D eigenvalue weighted by Gasteiger charge is 2.42. The first-order valence-electron chi connectivity index (χ1n) is 14.8. The Morgan fingerprint density at radius 3 is 2.33 bits per heavy atom. The Balaban J connectivity index is 1.47. The van der Waals surface area contributed by atoms with Crippen molar-refractivity contribution in [2.45, 2.75) is 64.7 Å². The van der Waals surface area contributed by atoms with E-state index in [4.69, 9.17) is 0 Å². The van der Waals surface area contributed by atoms with Crippen molar-refractivity contribution < 1.29 is 0 Å². The van der Waals surface area contributed by atoms with Gasteiger partial charge in [-0.1, -0.05) is 117 Å². The Bertz CT molecular complexity index is 1680. The van der Waals surface area contributed by atoms with Crippen molar-refractivity contribution in [2.24, 2.45) is 0 Å². The molecule has 0 bridgehead atoms. The summed E-state index contributed by atoms with van der Waals surface area (Å²) in [5, 5.41) is 2.67. The summed E-state index contributed by atoms with van der Waals surface area (Å²) in [6.07, 6.45) is 10.4. The van der Waals surface area contributed by atoms with E-state index in [1.807, 2.05) is 0 Å². The van der Waals surface area contributed by atoms with E-state index in [2.05, 4.69) is 150 Å². The van der Waals surface area contributed by atoms with Crippen LogP contribution in [0.3, 0.4) is 0 Å². The van der Waals surface area contributed by atoms with Crippen LogP contribution in [0.5, 0.6) is 0 Å². The molecule has 0 N–H and O–H groups in total. The lowest BCUT2D eigenvalue weighted by molar-refractivity contribution is 0.512. The van der Waals surface area contributed by atoms with Crippen LogP contribution in [0.15, 0.2) is 114 Å². The molecular formula is C39H41N. The molecule has 2 atom stereocenters. The van der Waals surface area contributed by atoms with E-state index in [0.717, 1.165) is 19.3 Å². The predicted octanol–water partition coefficient (Wildman–Crippen LogP) is 10.1. The number of anilines is 1. The van der Waals surface area contributed by atoms with Crippen LogP contribution in [-0.4, -0.2) is 7.05 Å². The van der Waals surface area contributed by atoms with Gasteiger partial charge in [-0.3, -0.25) is 0 Å². The second kappa shape index (κ2) is 9.97. The topological polar surface area (TPSA) is 3.24 Å². The summed E-state index contributed by atoms with van der Waals surface area (Å²) >= 11 is 0. The monoisotopic (exact) mass is 523 g/mol. The fourth-order valence-electron chi connectivity index (χ4n) is 7.65. The molecule has 1 aliphatic carbocycles. The highest BCUT2D eigenvalue weighted by atomic mass is 15.2. The lowest BCUT2D eigenvalue weighted by Gasteiger charge is -2.30. The molecule has 2 aliphatic rings. The van der Waals surface area contributed by atoms with E-state index >= 15 is 0 Å². The number of fused-ring (bicyclic) bond motifs is 4. The van der Waals surface area contributed by atoms with Gasteiger partial charge < -0.3 is 4.90 Å². The van der Waals surface area contributed by atoms with Crippen LogP contribution < -0.4 is 4.90 Å². The quantitative estimate of drug-likeness (QED) is 0.243. The zero-order valence-electron chi connectivity index (χ0n) is 24.9. The second-order valence-electron chi connectivity index (χ2n) is 12.3. The lowest BCUT2D eigenvalue weighted by Crippen LogP contribution is -2.26. The third-order valence-corrected chi connectivity index (χ3v) is 9.60. The Labute approximate surface area is 240 Å². The molecule has 202 valence electrons. The Morgan fingerprint density at radius 1 is 0.800 bits per heavy atom. The van der Waals surface area contributed by atoms with Crippen LogP contribution in [-0.2, 0) is 17.3 Å². The number of rotatable bonds is 6. The molecular weight excluding hydrogens is 482 g/mol. The van der Waals surface area contributed by atoms with Crippen LogP contribution in [0.2, 0.25) is 0 Å². The average molecular weight is 524 g/mol. The summed E-state index contributed by atoms with van der Waals surface area (Å²) in [5.74, 6) is 0. The molecule has 1 nitrogen and oxygen atoms in total. The summed E-state index contributed by atoms with van der Waals surface area (Å²) in [6.45, 7) is 11.7. The number of aryl methyl sites for hydroxylation is 1. The van der Waals surface area contributed by atoms with Crippen LogP contribution in [0.1, 0.15) is 68.4 Å². The van der Waals surface area contributed by atoms with Crippen molar-refractivity contribution in [3.63, 3.8) is 0 Å². The minimum Gasteiger partial charge on any atom is -0.347 e. The van der Waals surface area contributed by atoms with Crippen molar-refractivity contribution in [3.05, 3.63) is 142 Å². The van der Waals surface area contributed by atoms with Crippen molar-refractivity contribution in [2.75, 3.05) is 11.9 Å². The maximum Gasteiger partial charge on any atom is 0.0448 e. The summed E-state index contributed by atoms with van der Waals surface area (Å²) < 4.78 is 0. The largest absolute Gasteiger partial charge is 0.347 e. The molecule has 0 saturated heterocycles. The van der Waals surface area contributed by atoms with Crippen molar-refractivity contribution in [1.29, 1.82) is 0 Å². The fourth-order valence-corrected chi connectivity index (χ4v) is 7.65. The fraction of sp³-hybridized carbons (Fsp3) is 0.282. The number of likely N-dealkylation sites (N-methyl/N-ethyl adjacent to an activating group) is 1. The normalized spacial score (nSPS) is 23.1. The standard InChI is InChI=1S/C39H41N/c1-7-24-38(4)34-25-27(2)20-23-35(34)40(6)36(38)19-13-18-32-28(3)37-31-17-12-11-16-30(31)21-22-33(37)39(32,5)26-29-14-9-8-10-15-29/h8-23,25H,7,24,26H2,1-6H3/b18-13+,36-19+. The van der Waals surface area contributed by atoms with Crippen LogP contribution in [0.4, 0.5) is 5.69 Å². The highest BCUT2D eigenvalue weighted by molar-refractivity contribution is 5.99. The molecule has 0 fully saturated rings. The molecule has 0 spiro atoms. The number of hydrogen-bond acceptors (Lipinski definition) is 1.